The molecular formula is C13H14BrN3O. The Labute approximate surface area is 114 Å². The van der Waals surface area contributed by atoms with Crippen LogP contribution in [-0.4, -0.2) is 9.78 Å². The number of nitrogens with zero attached hydrogens (tertiary/aromatic N) is 2. The van der Waals surface area contributed by atoms with Crippen molar-refractivity contribution in [1.29, 1.82) is 0 Å². The Morgan fingerprint density at radius 3 is 2.61 bits per heavy atom. The quantitative estimate of drug-likeness (QED) is 0.941. The molecule has 0 aliphatic heterocycles. The van der Waals surface area contributed by atoms with Crippen LogP contribution in [0.15, 0.2) is 39.6 Å². The lowest BCUT2D eigenvalue weighted by atomic mass is 10.2. The van der Waals surface area contributed by atoms with Gasteiger partial charge in [-0.15, -0.1) is 0 Å². The van der Waals surface area contributed by atoms with Crippen LogP contribution in [0, 0.1) is 6.92 Å². The predicted octanol–water partition coefficient (Wildman–Crippen LogP) is 1.82. The number of benzene rings is 1. The molecule has 0 aliphatic rings. The van der Waals surface area contributed by atoms with Crippen LogP contribution < -0.4 is 11.3 Å². The minimum atomic E-state index is -0.121. The number of rotatable bonds is 3. The van der Waals surface area contributed by atoms with Gasteiger partial charge in [0.2, 0.25) is 0 Å². The van der Waals surface area contributed by atoms with E-state index >= 15 is 0 Å². The van der Waals surface area contributed by atoms with Gasteiger partial charge in [-0.05, 0) is 30.2 Å². The molecule has 0 unspecified atom stereocenters. The molecule has 0 saturated heterocycles. The average Bonchev–Trinajstić information content (AvgIpc) is 2.36. The van der Waals surface area contributed by atoms with E-state index in [1.807, 2.05) is 31.2 Å². The second-order valence-corrected chi connectivity index (χ2v) is 5.00. The minimum absolute atomic E-state index is 0.121. The number of hydrogen-bond acceptors (Lipinski definition) is 3. The zero-order valence-corrected chi connectivity index (χ0v) is 11.6. The molecular weight excluding hydrogens is 294 g/mol. The van der Waals surface area contributed by atoms with E-state index in [9.17, 15) is 4.79 Å². The van der Waals surface area contributed by atoms with Crippen molar-refractivity contribution in [2.24, 2.45) is 5.73 Å². The Morgan fingerprint density at radius 2 is 2.00 bits per heavy atom. The molecule has 0 saturated carbocycles. The lowest BCUT2D eigenvalue weighted by Gasteiger charge is -2.08. The minimum Gasteiger partial charge on any atom is -0.326 e. The molecule has 0 amide bonds. The first-order chi connectivity index (χ1) is 8.60. The van der Waals surface area contributed by atoms with Crippen molar-refractivity contribution in [1.82, 2.24) is 9.78 Å². The number of hydrogen-bond donors (Lipinski definition) is 1. The summed E-state index contributed by atoms with van der Waals surface area (Å²) in [5.41, 5.74) is 8.06. The Morgan fingerprint density at radius 1 is 1.33 bits per heavy atom. The van der Waals surface area contributed by atoms with Crippen LogP contribution in [0.2, 0.25) is 0 Å². The maximum Gasteiger partial charge on any atom is 0.267 e. The Bertz CT molecular complexity index is 605. The SMILES string of the molecule is Cc1nn(Cc2ccc(Br)cc2)c(=O)cc1CN. The zero-order chi connectivity index (χ0) is 13.1. The van der Waals surface area contributed by atoms with Gasteiger partial charge in [0.15, 0.2) is 0 Å². The molecule has 4 nitrogen and oxygen atoms in total. The van der Waals surface area contributed by atoms with E-state index in [0.29, 0.717) is 13.1 Å². The summed E-state index contributed by atoms with van der Waals surface area (Å²) in [6.07, 6.45) is 0. The molecule has 0 aliphatic carbocycles. The molecule has 18 heavy (non-hydrogen) atoms. The van der Waals surface area contributed by atoms with Gasteiger partial charge in [0.25, 0.3) is 5.56 Å². The Hall–Kier alpha value is -1.46. The van der Waals surface area contributed by atoms with Gasteiger partial charge < -0.3 is 5.73 Å². The van der Waals surface area contributed by atoms with Gasteiger partial charge >= 0.3 is 0 Å². The van der Waals surface area contributed by atoms with Crippen molar-refractivity contribution >= 4 is 15.9 Å². The number of aromatic nitrogens is 2. The monoisotopic (exact) mass is 307 g/mol. The van der Waals surface area contributed by atoms with Gasteiger partial charge in [-0.2, -0.15) is 5.10 Å². The molecule has 2 rings (SSSR count). The first kappa shape index (κ1) is 13.0. The molecule has 0 bridgehead atoms. The van der Waals surface area contributed by atoms with E-state index in [1.165, 1.54) is 4.68 Å². The summed E-state index contributed by atoms with van der Waals surface area (Å²) in [5.74, 6) is 0. The Balaban J connectivity index is 2.32. The Kier molecular flexibility index (Phi) is 3.93. The van der Waals surface area contributed by atoms with E-state index < -0.39 is 0 Å². The largest absolute Gasteiger partial charge is 0.326 e. The summed E-state index contributed by atoms with van der Waals surface area (Å²) >= 11 is 3.38. The highest BCUT2D eigenvalue weighted by atomic mass is 79.9. The molecule has 94 valence electrons. The second-order valence-electron chi connectivity index (χ2n) is 4.08. The van der Waals surface area contributed by atoms with Crippen LogP contribution in [0.1, 0.15) is 16.8 Å². The van der Waals surface area contributed by atoms with Gasteiger partial charge in [0.1, 0.15) is 0 Å². The maximum absolute atomic E-state index is 11.9. The normalized spacial score (nSPS) is 10.6. The van der Waals surface area contributed by atoms with Crippen molar-refractivity contribution in [2.45, 2.75) is 20.0 Å². The molecule has 1 heterocycles. The molecule has 2 aromatic rings. The van der Waals surface area contributed by atoms with Gasteiger partial charge in [-0.25, -0.2) is 4.68 Å². The topological polar surface area (TPSA) is 60.9 Å². The summed E-state index contributed by atoms with van der Waals surface area (Å²) in [7, 11) is 0. The molecule has 0 fully saturated rings. The summed E-state index contributed by atoms with van der Waals surface area (Å²) in [4.78, 5) is 11.9. The van der Waals surface area contributed by atoms with E-state index in [1.54, 1.807) is 6.07 Å². The lowest BCUT2D eigenvalue weighted by molar-refractivity contribution is 0.622. The van der Waals surface area contributed by atoms with Crippen LogP contribution >= 0.6 is 15.9 Å². The highest BCUT2D eigenvalue weighted by Crippen LogP contribution is 2.11. The van der Waals surface area contributed by atoms with E-state index in [-0.39, 0.29) is 5.56 Å². The number of halogens is 1. The molecule has 1 aromatic heterocycles. The fourth-order valence-electron chi connectivity index (χ4n) is 1.71. The third-order valence-corrected chi connectivity index (χ3v) is 3.28. The highest BCUT2D eigenvalue weighted by Gasteiger charge is 2.04. The first-order valence-electron chi connectivity index (χ1n) is 5.62. The molecule has 0 radical (unpaired) electrons. The zero-order valence-electron chi connectivity index (χ0n) is 10.1. The van der Waals surface area contributed by atoms with E-state index in [2.05, 4.69) is 21.0 Å². The standard InChI is InChI=1S/C13H14BrN3O/c1-9-11(7-15)6-13(18)17(16-9)8-10-2-4-12(14)5-3-10/h2-6H,7-8,15H2,1H3. The van der Waals surface area contributed by atoms with Crippen LogP contribution in [0.4, 0.5) is 0 Å². The molecule has 2 N–H and O–H groups in total. The highest BCUT2D eigenvalue weighted by molar-refractivity contribution is 9.10. The van der Waals surface area contributed by atoms with Gasteiger partial charge in [-0.1, -0.05) is 28.1 Å². The third kappa shape index (κ3) is 2.86. The molecule has 0 spiro atoms. The molecule has 1 aromatic carbocycles. The van der Waals surface area contributed by atoms with Gasteiger partial charge in [0, 0.05) is 17.1 Å². The molecule has 0 atom stereocenters. The number of nitrogens with two attached hydrogens (primary N) is 1. The summed E-state index contributed by atoms with van der Waals surface area (Å²) in [6.45, 7) is 2.67. The van der Waals surface area contributed by atoms with Crippen molar-refractivity contribution in [3.05, 3.63) is 62.0 Å². The van der Waals surface area contributed by atoms with Crippen LogP contribution in [0.3, 0.4) is 0 Å². The average molecular weight is 308 g/mol. The van der Waals surface area contributed by atoms with Crippen LogP contribution in [-0.2, 0) is 13.1 Å². The fourth-order valence-corrected chi connectivity index (χ4v) is 1.97. The van der Waals surface area contributed by atoms with Crippen molar-refractivity contribution < 1.29 is 0 Å². The van der Waals surface area contributed by atoms with Crippen molar-refractivity contribution in [3.63, 3.8) is 0 Å². The van der Waals surface area contributed by atoms with Crippen LogP contribution in [0.25, 0.3) is 0 Å². The maximum atomic E-state index is 11.9. The number of aryl methyl sites for hydroxylation is 1. The summed E-state index contributed by atoms with van der Waals surface area (Å²) in [6, 6.07) is 9.37. The van der Waals surface area contributed by atoms with Crippen molar-refractivity contribution in [3.8, 4) is 0 Å². The third-order valence-electron chi connectivity index (χ3n) is 2.75. The van der Waals surface area contributed by atoms with Gasteiger partial charge in [-0.3, -0.25) is 4.79 Å². The molecule has 5 heteroatoms. The van der Waals surface area contributed by atoms with E-state index in [0.717, 1.165) is 21.3 Å². The van der Waals surface area contributed by atoms with Crippen LogP contribution in [0.5, 0.6) is 0 Å². The predicted molar refractivity (Wildman–Crippen MR) is 74.4 cm³/mol. The lowest BCUT2D eigenvalue weighted by Crippen LogP contribution is -2.25. The second kappa shape index (κ2) is 5.46. The van der Waals surface area contributed by atoms with Crippen molar-refractivity contribution in [2.75, 3.05) is 0 Å². The fraction of sp³-hybridized carbons (Fsp3) is 0.231. The summed E-state index contributed by atoms with van der Waals surface area (Å²) in [5, 5.41) is 4.27. The smallest absolute Gasteiger partial charge is 0.267 e. The van der Waals surface area contributed by atoms with E-state index in [4.69, 9.17) is 5.73 Å². The van der Waals surface area contributed by atoms with Gasteiger partial charge in [0.05, 0.1) is 12.2 Å². The first-order valence-corrected chi connectivity index (χ1v) is 6.41. The summed E-state index contributed by atoms with van der Waals surface area (Å²) < 4.78 is 2.47.